The number of aryl methyl sites for hydroxylation is 2. The lowest BCUT2D eigenvalue weighted by Crippen LogP contribution is -2.44. The molecule has 1 N–H and O–H groups in total. The standard InChI is InChI=1S/C24H27ClN4O3S/c1-15-16(2)33-23-22(15)24(32)29(14-26-23)13-21(31)28(11-17-7-3-6-10-19(17)25)12-20(30)27-18-8-4-5-9-18/h3,6-7,10,14,18H,4-5,8-9,11-13H2,1-2H3,(H,27,30). The summed E-state index contributed by atoms with van der Waals surface area (Å²) in [6, 6.07) is 7.40. The lowest BCUT2D eigenvalue weighted by atomic mass is 10.2. The molecule has 3 aromatic rings. The molecule has 0 unspecified atom stereocenters. The number of aromatic nitrogens is 2. The number of amides is 2. The van der Waals surface area contributed by atoms with Crippen molar-refractivity contribution in [2.45, 2.75) is 58.7 Å². The molecular weight excluding hydrogens is 460 g/mol. The second-order valence-electron chi connectivity index (χ2n) is 8.53. The Kier molecular flexibility index (Phi) is 7.14. The summed E-state index contributed by atoms with van der Waals surface area (Å²) < 4.78 is 1.32. The van der Waals surface area contributed by atoms with Crippen molar-refractivity contribution in [2.75, 3.05) is 6.54 Å². The van der Waals surface area contributed by atoms with Crippen molar-refractivity contribution < 1.29 is 9.59 Å². The van der Waals surface area contributed by atoms with Crippen molar-refractivity contribution in [3.05, 3.63) is 62.0 Å². The van der Waals surface area contributed by atoms with Crippen LogP contribution in [0.25, 0.3) is 10.2 Å². The molecule has 9 heteroatoms. The Hall–Kier alpha value is -2.71. The topological polar surface area (TPSA) is 84.3 Å². The van der Waals surface area contributed by atoms with Gasteiger partial charge in [0, 0.05) is 22.5 Å². The molecule has 1 fully saturated rings. The first-order valence-corrected chi connectivity index (χ1v) is 12.3. The van der Waals surface area contributed by atoms with Crippen LogP contribution >= 0.6 is 22.9 Å². The minimum atomic E-state index is -0.343. The van der Waals surface area contributed by atoms with Gasteiger partial charge in [0.2, 0.25) is 11.8 Å². The zero-order chi connectivity index (χ0) is 23.5. The van der Waals surface area contributed by atoms with E-state index in [1.54, 1.807) is 6.07 Å². The van der Waals surface area contributed by atoms with Gasteiger partial charge in [-0.25, -0.2) is 4.98 Å². The van der Waals surface area contributed by atoms with Gasteiger partial charge in [-0.1, -0.05) is 42.6 Å². The Labute approximate surface area is 201 Å². The van der Waals surface area contributed by atoms with E-state index >= 15 is 0 Å². The van der Waals surface area contributed by atoms with Crippen molar-refractivity contribution >= 4 is 45.0 Å². The smallest absolute Gasteiger partial charge is 0.262 e. The second-order valence-corrected chi connectivity index (χ2v) is 10.1. The molecule has 1 saturated carbocycles. The maximum atomic E-state index is 13.3. The van der Waals surface area contributed by atoms with Crippen LogP contribution in [0.2, 0.25) is 5.02 Å². The predicted molar refractivity (Wildman–Crippen MR) is 131 cm³/mol. The SMILES string of the molecule is Cc1sc2ncn(CC(=O)N(CC(=O)NC3CCCC3)Cc3ccccc3Cl)c(=O)c2c1C. The minimum absolute atomic E-state index is 0.0957. The number of carbonyl (C=O) groups is 2. The lowest BCUT2D eigenvalue weighted by Gasteiger charge is -2.24. The number of fused-ring (bicyclic) bond motifs is 1. The van der Waals surface area contributed by atoms with E-state index in [9.17, 15) is 14.4 Å². The van der Waals surface area contributed by atoms with Crippen LogP contribution < -0.4 is 10.9 Å². The minimum Gasteiger partial charge on any atom is -0.352 e. The molecule has 0 atom stereocenters. The molecule has 0 bridgehead atoms. The fourth-order valence-corrected chi connectivity index (χ4v) is 5.39. The number of hydrogen-bond donors (Lipinski definition) is 1. The first-order chi connectivity index (χ1) is 15.8. The van der Waals surface area contributed by atoms with E-state index < -0.39 is 0 Å². The summed E-state index contributed by atoms with van der Waals surface area (Å²) in [5.74, 6) is -0.545. The van der Waals surface area contributed by atoms with Crippen molar-refractivity contribution in [3.8, 4) is 0 Å². The Morgan fingerprint density at radius 3 is 2.70 bits per heavy atom. The second kappa shape index (κ2) is 10.1. The Morgan fingerprint density at radius 1 is 1.24 bits per heavy atom. The zero-order valence-corrected chi connectivity index (χ0v) is 20.3. The Balaban J connectivity index is 1.56. The molecule has 2 heterocycles. The summed E-state index contributed by atoms with van der Waals surface area (Å²) in [6.45, 7) is 3.72. The maximum absolute atomic E-state index is 13.3. The van der Waals surface area contributed by atoms with Crippen LogP contribution in [0.5, 0.6) is 0 Å². The maximum Gasteiger partial charge on any atom is 0.262 e. The monoisotopic (exact) mass is 486 g/mol. The summed E-state index contributed by atoms with van der Waals surface area (Å²) in [5.41, 5.74) is 1.38. The molecule has 4 rings (SSSR count). The number of rotatable bonds is 7. The third kappa shape index (κ3) is 5.28. The normalized spacial score (nSPS) is 14.0. The number of nitrogens with zero attached hydrogens (tertiary/aromatic N) is 3. The molecule has 0 aliphatic heterocycles. The fraction of sp³-hybridized carbons (Fsp3) is 0.417. The highest BCUT2D eigenvalue weighted by Crippen LogP contribution is 2.25. The summed E-state index contributed by atoms with van der Waals surface area (Å²) in [6.07, 6.45) is 5.54. The van der Waals surface area contributed by atoms with Gasteiger partial charge in [0.1, 0.15) is 11.4 Å². The Bertz CT molecular complexity index is 1250. The van der Waals surface area contributed by atoms with Gasteiger partial charge in [0.15, 0.2) is 0 Å². The summed E-state index contributed by atoms with van der Waals surface area (Å²) in [5, 5.41) is 4.10. The molecule has 0 saturated heterocycles. The van der Waals surface area contributed by atoms with Crippen LogP contribution in [0.15, 0.2) is 35.4 Å². The number of thiophene rings is 1. The van der Waals surface area contributed by atoms with Crippen LogP contribution in [0.1, 0.15) is 41.7 Å². The lowest BCUT2D eigenvalue weighted by molar-refractivity contribution is -0.137. The summed E-state index contributed by atoms with van der Waals surface area (Å²) in [7, 11) is 0. The van der Waals surface area contributed by atoms with Crippen LogP contribution in [0.4, 0.5) is 0 Å². The first kappa shape index (κ1) is 23.4. The van der Waals surface area contributed by atoms with Gasteiger partial charge in [0.05, 0.1) is 18.3 Å². The van der Waals surface area contributed by atoms with E-state index in [0.29, 0.717) is 15.2 Å². The molecule has 7 nitrogen and oxygen atoms in total. The van der Waals surface area contributed by atoms with Gasteiger partial charge < -0.3 is 10.2 Å². The molecule has 1 aliphatic carbocycles. The first-order valence-electron chi connectivity index (χ1n) is 11.1. The highest BCUT2D eigenvalue weighted by Gasteiger charge is 2.23. The largest absolute Gasteiger partial charge is 0.352 e. The molecular formula is C24H27ClN4O3S. The van der Waals surface area contributed by atoms with Crippen molar-refractivity contribution in [3.63, 3.8) is 0 Å². The van der Waals surface area contributed by atoms with Crippen molar-refractivity contribution in [1.82, 2.24) is 19.8 Å². The molecule has 0 radical (unpaired) electrons. The third-order valence-corrected chi connectivity index (χ3v) is 7.67. The van der Waals surface area contributed by atoms with Gasteiger partial charge >= 0.3 is 0 Å². The summed E-state index contributed by atoms with van der Waals surface area (Å²) >= 11 is 7.78. The molecule has 1 aromatic carbocycles. The third-order valence-electron chi connectivity index (χ3n) is 6.19. The van der Waals surface area contributed by atoms with E-state index in [-0.39, 0.29) is 43.0 Å². The van der Waals surface area contributed by atoms with Gasteiger partial charge in [-0.2, -0.15) is 0 Å². The average molecular weight is 487 g/mol. The van der Waals surface area contributed by atoms with Crippen LogP contribution in [-0.2, 0) is 22.7 Å². The van der Waals surface area contributed by atoms with Crippen molar-refractivity contribution in [1.29, 1.82) is 0 Å². The zero-order valence-electron chi connectivity index (χ0n) is 18.8. The molecule has 2 aromatic heterocycles. The highest BCUT2D eigenvalue weighted by atomic mass is 35.5. The number of hydrogen-bond acceptors (Lipinski definition) is 5. The van der Waals surface area contributed by atoms with E-state index in [2.05, 4.69) is 10.3 Å². The number of benzene rings is 1. The quantitative estimate of drug-likeness (QED) is 0.550. The van der Waals surface area contributed by atoms with Gasteiger partial charge in [-0.05, 0) is 43.9 Å². The van der Waals surface area contributed by atoms with E-state index in [1.807, 2.05) is 32.0 Å². The van der Waals surface area contributed by atoms with Crippen molar-refractivity contribution in [2.24, 2.45) is 0 Å². The average Bonchev–Trinajstić information content (AvgIpc) is 3.39. The molecule has 0 spiro atoms. The number of nitrogens with one attached hydrogen (secondary N) is 1. The molecule has 33 heavy (non-hydrogen) atoms. The fourth-order valence-electron chi connectivity index (χ4n) is 4.21. The summed E-state index contributed by atoms with van der Waals surface area (Å²) in [4.78, 5) is 46.6. The van der Waals surface area contributed by atoms with Crippen LogP contribution in [-0.4, -0.2) is 38.9 Å². The molecule has 174 valence electrons. The predicted octanol–water partition coefficient (Wildman–Crippen LogP) is 3.82. The van der Waals surface area contributed by atoms with Crippen LogP contribution in [0, 0.1) is 13.8 Å². The van der Waals surface area contributed by atoms with Crippen LogP contribution in [0.3, 0.4) is 0 Å². The number of carbonyl (C=O) groups excluding carboxylic acids is 2. The van der Waals surface area contributed by atoms with E-state index in [0.717, 1.165) is 41.7 Å². The van der Waals surface area contributed by atoms with Gasteiger partial charge in [-0.15, -0.1) is 11.3 Å². The van der Waals surface area contributed by atoms with E-state index in [4.69, 9.17) is 11.6 Å². The number of halogens is 1. The Morgan fingerprint density at radius 2 is 1.97 bits per heavy atom. The van der Waals surface area contributed by atoms with Gasteiger partial charge in [-0.3, -0.25) is 19.0 Å². The van der Waals surface area contributed by atoms with E-state index in [1.165, 1.54) is 27.1 Å². The molecule has 1 aliphatic rings. The van der Waals surface area contributed by atoms with Gasteiger partial charge in [0.25, 0.3) is 5.56 Å². The highest BCUT2D eigenvalue weighted by molar-refractivity contribution is 7.18. The molecule has 2 amide bonds.